The maximum atomic E-state index is 13.7. The quantitative estimate of drug-likeness (QED) is 0.810. The first-order valence-electron chi connectivity index (χ1n) is 6.66. The lowest BCUT2D eigenvalue weighted by molar-refractivity contribution is -0.0521. The third-order valence-electron chi connectivity index (χ3n) is 3.10. The normalized spacial score (nSPS) is 12.2. The molecule has 1 atom stereocenters. The van der Waals surface area contributed by atoms with Crippen molar-refractivity contribution in [1.29, 1.82) is 0 Å². The highest BCUT2D eigenvalue weighted by Gasteiger charge is 2.13. The van der Waals surface area contributed by atoms with E-state index in [9.17, 15) is 13.2 Å². The molecule has 2 rings (SSSR count). The predicted octanol–water partition coefficient (Wildman–Crippen LogP) is 4.99. The number of benzene rings is 2. The van der Waals surface area contributed by atoms with Crippen LogP contribution in [0.5, 0.6) is 5.75 Å². The van der Waals surface area contributed by atoms with Gasteiger partial charge in [0.05, 0.1) is 6.04 Å². The Hall–Kier alpha value is -2.17. The molecule has 0 heterocycles. The Morgan fingerprint density at radius 1 is 1.10 bits per heavy atom. The summed E-state index contributed by atoms with van der Waals surface area (Å²) < 4.78 is 41.9. The average Bonchev–Trinajstić information content (AvgIpc) is 2.48. The van der Waals surface area contributed by atoms with E-state index in [4.69, 9.17) is 0 Å². The molecule has 21 heavy (non-hydrogen) atoms. The van der Waals surface area contributed by atoms with Crippen LogP contribution in [0.3, 0.4) is 0 Å². The van der Waals surface area contributed by atoms with Crippen LogP contribution in [0.25, 0.3) is 0 Å². The van der Waals surface area contributed by atoms with Gasteiger partial charge in [-0.15, -0.1) is 0 Å². The van der Waals surface area contributed by atoms with Crippen molar-refractivity contribution in [3.05, 3.63) is 59.9 Å². The van der Waals surface area contributed by atoms with Crippen LogP contribution < -0.4 is 10.1 Å². The van der Waals surface area contributed by atoms with Gasteiger partial charge in [0, 0.05) is 11.8 Å². The minimum absolute atomic E-state index is 0.0208. The number of halogens is 3. The first-order valence-corrected chi connectivity index (χ1v) is 6.66. The molecular formula is C16H16F3NO. The zero-order valence-electron chi connectivity index (χ0n) is 11.5. The molecule has 1 N–H and O–H groups in total. The van der Waals surface area contributed by atoms with Crippen LogP contribution in [0, 0.1) is 5.82 Å². The van der Waals surface area contributed by atoms with E-state index in [0.717, 1.165) is 18.1 Å². The van der Waals surface area contributed by atoms with Gasteiger partial charge >= 0.3 is 6.61 Å². The largest absolute Gasteiger partial charge is 0.432 e. The second kappa shape index (κ2) is 7.02. The molecule has 0 saturated carbocycles. The molecule has 1 unspecified atom stereocenters. The molecular weight excluding hydrogens is 279 g/mol. The first-order chi connectivity index (χ1) is 10.1. The highest BCUT2D eigenvalue weighted by molar-refractivity contribution is 5.49. The van der Waals surface area contributed by atoms with Gasteiger partial charge in [-0.25, -0.2) is 4.39 Å². The van der Waals surface area contributed by atoms with Crippen molar-refractivity contribution in [2.45, 2.75) is 26.0 Å². The van der Waals surface area contributed by atoms with Gasteiger partial charge < -0.3 is 10.1 Å². The molecule has 0 radical (unpaired) electrons. The molecule has 0 fully saturated rings. The molecule has 5 heteroatoms. The minimum Gasteiger partial charge on any atom is -0.432 e. The van der Waals surface area contributed by atoms with E-state index in [0.29, 0.717) is 5.69 Å². The molecule has 2 aromatic carbocycles. The van der Waals surface area contributed by atoms with Gasteiger partial charge in [0.1, 0.15) is 0 Å². The molecule has 0 saturated heterocycles. The van der Waals surface area contributed by atoms with Gasteiger partial charge in [0.2, 0.25) is 0 Å². The standard InChI is InChI=1S/C16H16F3NO/c1-2-14(11-6-4-3-5-7-11)20-12-8-9-15(13(17)10-12)21-16(18)19/h3-10,14,16,20H,2H2,1H3. The van der Waals surface area contributed by atoms with E-state index in [1.807, 2.05) is 37.3 Å². The molecule has 0 aliphatic rings. The van der Waals surface area contributed by atoms with Crippen molar-refractivity contribution in [2.24, 2.45) is 0 Å². The highest BCUT2D eigenvalue weighted by Crippen LogP contribution is 2.27. The van der Waals surface area contributed by atoms with Crippen LogP contribution in [0.15, 0.2) is 48.5 Å². The molecule has 0 bridgehead atoms. The summed E-state index contributed by atoms with van der Waals surface area (Å²) in [6.45, 7) is -1.03. The van der Waals surface area contributed by atoms with Crippen LogP contribution >= 0.6 is 0 Å². The highest BCUT2D eigenvalue weighted by atomic mass is 19.3. The summed E-state index contributed by atoms with van der Waals surface area (Å²) in [5.41, 5.74) is 1.60. The topological polar surface area (TPSA) is 21.3 Å². The zero-order valence-corrected chi connectivity index (χ0v) is 11.5. The first kappa shape index (κ1) is 15.2. The molecule has 0 aliphatic heterocycles. The summed E-state index contributed by atoms with van der Waals surface area (Å²) in [5.74, 6) is -1.27. The number of nitrogens with one attached hydrogen (secondary N) is 1. The van der Waals surface area contributed by atoms with E-state index in [1.165, 1.54) is 12.1 Å². The number of hydrogen-bond acceptors (Lipinski definition) is 2. The van der Waals surface area contributed by atoms with E-state index in [2.05, 4.69) is 10.1 Å². The third-order valence-corrected chi connectivity index (χ3v) is 3.10. The number of alkyl halides is 2. The molecule has 2 aromatic rings. The maximum Gasteiger partial charge on any atom is 0.387 e. The van der Waals surface area contributed by atoms with E-state index in [-0.39, 0.29) is 6.04 Å². The monoisotopic (exact) mass is 295 g/mol. The van der Waals surface area contributed by atoms with Gasteiger partial charge in [-0.2, -0.15) is 8.78 Å². The zero-order chi connectivity index (χ0) is 15.2. The predicted molar refractivity (Wildman–Crippen MR) is 76.1 cm³/mol. The van der Waals surface area contributed by atoms with Crippen molar-refractivity contribution < 1.29 is 17.9 Å². The van der Waals surface area contributed by atoms with Crippen LogP contribution in [0.1, 0.15) is 24.9 Å². The van der Waals surface area contributed by atoms with Crippen molar-refractivity contribution in [2.75, 3.05) is 5.32 Å². The van der Waals surface area contributed by atoms with Crippen LogP contribution in [-0.2, 0) is 0 Å². The number of rotatable bonds is 6. The Kier molecular flexibility index (Phi) is 5.09. The molecule has 0 amide bonds. The average molecular weight is 295 g/mol. The van der Waals surface area contributed by atoms with Gasteiger partial charge in [0.15, 0.2) is 11.6 Å². The lowest BCUT2D eigenvalue weighted by Gasteiger charge is -2.19. The third kappa shape index (κ3) is 4.15. The van der Waals surface area contributed by atoms with Crippen LogP contribution in [0.2, 0.25) is 0 Å². The molecule has 0 aromatic heterocycles. The van der Waals surface area contributed by atoms with E-state index >= 15 is 0 Å². The summed E-state index contributed by atoms with van der Waals surface area (Å²) in [7, 11) is 0. The molecule has 2 nitrogen and oxygen atoms in total. The summed E-state index contributed by atoms with van der Waals surface area (Å²) in [6, 6.07) is 13.6. The fourth-order valence-electron chi connectivity index (χ4n) is 2.09. The van der Waals surface area contributed by atoms with Gasteiger partial charge in [-0.1, -0.05) is 37.3 Å². The SMILES string of the molecule is CCC(Nc1ccc(OC(F)F)c(F)c1)c1ccccc1. The Labute approximate surface area is 121 Å². The minimum atomic E-state index is -3.04. The Morgan fingerprint density at radius 2 is 1.81 bits per heavy atom. The Morgan fingerprint density at radius 3 is 2.38 bits per heavy atom. The van der Waals surface area contributed by atoms with Crippen molar-refractivity contribution in [3.63, 3.8) is 0 Å². The summed E-state index contributed by atoms with van der Waals surface area (Å²) in [6.07, 6.45) is 0.806. The second-order valence-corrected chi connectivity index (χ2v) is 4.54. The number of hydrogen-bond donors (Lipinski definition) is 1. The van der Waals surface area contributed by atoms with Gasteiger partial charge in [0.25, 0.3) is 0 Å². The summed E-state index contributed by atoms with van der Waals surface area (Å²) >= 11 is 0. The van der Waals surface area contributed by atoms with Gasteiger partial charge in [-0.3, -0.25) is 0 Å². The number of anilines is 1. The molecule has 112 valence electrons. The maximum absolute atomic E-state index is 13.7. The van der Waals surface area contributed by atoms with E-state index in [1.54, 1.807) is 0 Å². The lowest BCUT2D eigenvalue weighted by Crippen LogP contribution is -2.10. The Bertz CT molecular complexity index is 575. The van der Waals surface area contributed by atoms with Crippen molar-refractivity contribution >= 4 is 5.69 Å². The second-order valence-electron chi connectivity index (χ2n) is 4.54. The summed E-state index contributed by atoms with van der Waals surface area (Å²) in [4.78, 5) is 0. The smallest absolute Gasteiger partial charge is 0.387 e. The number of ether oxygens (including phenoxy) is 1. The fourth-order valence-corrected chi connectivity index (χ4v) is 2.09. The molecule has 0 aliphatic carbocycles. The van der Waals surface area contributed by atoms with E-state index < -0.39 is 18.2 Å². The Balaban J connectivity index is 2.13. The fraction of sp³-hybridized carbons (Fsp3) is 0.250. The molecule has 0 spiro atoms. The van der Waals surface area contributed by atoms with Crippen molar-refractivity contribution in [1.82, 2.24) is 0 Å². The van der Waals surface area contributed by atoms with Crippen LogP contribution in [-0.4, -0.2) is 6.61 Å². The van der Waals surface area contributed by atoms with Crippen LogP contribution in [0.4, 0.5) is 18.9 Å². The van der Waals surface area contributed by atoms with Crippen molar-refractivity contribution in [3.8, 4) is 5.75 Å². The van der Waals surface area contributed by atoms with Gasteiger partial charge in [-0.05, 0) is 24.1 Å². The lowest BCUT2D eigenvalue weighted by atomic mass is 10.0. The summed E-state index contributed by atoms with van der Waals surface area (Å²) in [5, 5.41) is 3.18.